The molecule has 12 heterocycles. The van der Waals surface area contributed by atoms with Gasteiger partial charge in [0.25, 0.3) is 0 Å². The largest absolute Gasteiger partial charge is 0.507 e. The van der Waals surface area contributed by atoms with E-state index in [9.17, 15) is 20.4 Å². The summed E-state index contributed by atoms with van der Waals surface area (Å²) in [5.74, 6) is 0.986. The number of phenols is 4. The molecule has 0 bridgehead atoms. The monoisotopic (exact) mass is 2580 g/mol. The average Bonchev–Trinajstić information content (AvgIpc) is 1.60. The molecule has 0 spiro atoms. The van der Waals surface area contributed by atoms with Crippen molar-refractivity contribution in [3.05, 3.63) is 435 Å². The number of aromatic nitrogens is 12. The number of fused-ring (bicyclic) bond motifs is 12. The maximum atomic E-state index is 11.6. The maximum Gasteiger partial charge on any atom is 0.144 e. The van der Waals surface area contributed by atoms with Crippen molar-refractivity contribution >= 4 is 87.7 Å². The number of hydrogen-bond acceptors (Lipinski definition) is 12. The molecule has 16 nitrogen and oxygen atoms in total. The van der Waals surface area contributed by atoms with Crippen LogP contribution in [0.2, 0.25) is 0 Å². The first-order valence-corrected chi connectivity index (χ1v) is 46.3. The summed E-state index contributed by atoms with van der Waals surface area (Å²) in [7, 11) is 0. The van der Waals surface area contributed by atoms with Crippen LogP contribution >= 0.6 is 0 Å². The number of aryl methyl sites for hydroxylation is 3. The molecular formula is C123H94N12O4Pt4-4. The number of rotatable bonds is 12. The molecule has 714 valence electrons. The summed E-state index contributed by atoms with van der Waals surface area (Å²) in [4.78, 5) is 38.3. The molecule has 0 aliphatic carbocycles. The summed E-state index contributed by atoms with van der Waals surface area (Å²) in [6.07, 6.45) is 7.21. The zero-order chi connectivity index (χ0) is 95.3. The summed E-state index contributed by atoms with van der Waals surface area (Å²) in [5, 5.41) is 51.8. The topological polar surface area (TPSA) is 204 Å². The van der Waals surface area contributed by atoms with E-state index in [4.69, 9.17) is 19.9 Å². The van der Waals surface area contributed by atoms with Crippen LogP contribution in [0.4, 0.5) is 0 Å². The molecule has 143 heavy (non-hydrogen) atoms. The van der Waals surface area contributed by atoms with E-state index in [0.29, 0.717) is 16.9 Å². The molecule has 0 unspecified atom stereocenters. The van der Waals surface area contributed by atoms with E-state index >= 15 is 0 Å². The molecule has 0 fully saturated rings. The molecule has 24 aromatic rings. The Kier molecular flexibility index (Phi) is 29.3. The van der Waals surface area contributed by atoms with Crippen LogP contribution in [0.25, 0.3) is 201 Å². The molecule has 0 aliphatic rings. The first kappa shape index (κ1) is 99.6. The van der Waals surface area contributed by atoms with Crippen LogP contribution in [-0.2, 0) is 95.1 Å². The second kappa shape index (κ2) is 42.0. The summed E-state index contributed by atoms with van der Waals surface area (Å²) in [6, 6.07) is 133. The van der Waals surface area contributed by atoms with Crippen LogP contribution in [-0.4, -0.2) is 78.6 Å². The van der Waals surface area contributed by atoms with Crippen molar-refractivity contribution in [1.29, 1.82) is 0 Å². The van der Waals surface area contributed by atoms with E-state index in [-0.39, 0.29) is 112 Å². The third kappa shape index (κ3) is 19.7. The van der Waals surface area contributed by atoms with Gasteiger partial charge in [-0.3, -0.25) is 0 Å². The van der Waals surface area contributed by atoms with Crippen molar-refractivity contribution in [2.45, 2.75) is 73.1 Å². The molecule has 0 atom stereocenters. The van der Waals surface area contributed by atoms with Crippen molar-refractivity contribution in [3.8, 4) is 136 Å². The Labute approximate surface area is 886 Å². The first-order chi connectivity index (χ1) is 67.6. The van der Waals surface area contributed by atoms with Crippen molar-refractivity contribution < 1.29 is 105 Å². The van der Waals surface area contributed by atoms with E-state index in [2.05, 4.69) is 220 Å². The van der Waals surface area contributed by atoms with Gasteiger partial charge in [0, 0.05) is 180 Å². The Bertz CT molecular complexity index is 8860. The minimum absolute atomic E-state index is 0. The van der Waals surface area contributed by atoms with Crippen molar-refractivity contribution in [2.75, 3.05) is 0 Å². The molecule has 0 amide bonds. The van der Waals surface area contributed by atoms with Crippen LogP contribution in [0.5, 0.6) is 23.0 Å². The predicted octanol–water partition coefficient (Wildman–Crippen LogP) is 29.2. The number of benzene rings is 12. The molecular weight excluding hydrogens is 2490 g/mol. The van der Waals surface area contributed by atoms with Crippen molar-refractivity contribution in [1.82, 2.24) is 58.1 Å². The van der Waals surface area contributed by atoms with Crippen LogP contribution in [0.15, 0.2) is 383 Å². The second-order valence-corrected chi connectivity index (χ2v) is 36.8. The summed E-state index contributed by atoms with van der Waals surface area (Å²) >= 11 is 0. The minimum atomic E-state index is -0.222. The van der Waals surface area contributed by atoms with Gasteiger partial charge in [0.1, 0.15) is 45.6 Å². The zero-order valence-corrected chi connectivity index (χ0v) is 88.4. The summed E-state index contributed by atoms with van der Waals surface area (Å²) in [6.45, 7) is 19.0. The van der Waals surface area contributed by atoms with Gasteiger partial charge in [-0.25, -0.2) is 19.9 Å². The van der Waals surface area contributed by atoms with Gasteiger partial charge in [-0.15, -0.1) is 119 Å². The number of pyridine rings is 8. The van der Waals surface area contributed by atoms with Crippen LogP contribution in [0, 0.1) is 45.0 Å². The fourth-order valence-corrected chi connectivity index (χ4v) is 18.5. The summed E-state index contributed by atoms with van der Waals surface area (Å²) in [5.41, 5.74) is 29.0. The molecule has 0 saturated heterocycles. The second-order valence-electron chi connectivity index (χ2n) is 36.8. The standard InChI is InChI=1S/C36H34N3O.C30H22N3O.C29H20N3O.C28H18N3O.4Pt/c1-35(2,3)24-21-28(33(40)29(22-24)36(4,5)6)31-18-17-27-26-14-7-8-16-32(26)39(34(27)38-31)25-13-11-12-23(20-25)30-15-9-10-19-37-30;1-19-16-20(2)29(34)25(17-19)27-14-13-24-23-10-3-4-12-28(23)33(30(24)32-27)22-9-7-8-21(18-22)26-11-5-6-15-31-26;1-19-15-16-30-26(17-19)20-7-6-8-21(18-20)32-27-11-4-2-9-22(27)23-13-14-25(31-29(23)32)24-10-3-5-12-28(24)33;32-27-14-4-2-11-23(27)25-16-15-22-21-10-1-3-13-26(21)31(28(22)30-25)20-9-7-8-19(18-20)24-12-5-6-17-29-24;;;;/h7-19,21-22,40H,1-6H3;3-17,34H,1-2H3;2-17,33H,1H3;1-17,32H;;;;/q4*-1;;;;. The Balaban J connectivity index is 0.000000130. The minimum Gasteiger partial charge on any atom is -0.507 e. The maximum absolute atomic E-state index is 11.6. The Morgan fingerprint density at radius 3 is 0.881 bits per heavy atom. The van der Waals surface area contributed by atoms with Gasteiger partial charge < -0.3 is 58.6 Å². The third-order valence-electron chi connectivity index (χ3n) is 25.3. The van der Waals surface area contributed by atoms with Gasteiger partial charge in [0.2, 0.25) is 0 Å². The van der Waals surface area contributed by atoms with E-state index in [1.54, 1.807) is 30.7 Å². The van der Waals surface area contributed by atoms with Crippen LogP contribution in [0.3, 0.4) is 0 Å². The van der Waals surface area contributed by atoms with Gasteiger partial charge in [-0.05, 0) is 227 Å². The molecule has 20 heteroatoms. The number of phenolic OH excluding ortho intramolecular Hbond substituents is 4. The Morgan fingerprint density at radius 1 is 0.238 bits per heavy atom. The van der Waals surface area contributed by atoms with Crippen LogP contribution in [0.1, 0.15) is 69.4 Å². The zero-order valence-electron chi connectivity index (χ0n) is 79.3. The van der Waals surface area contributed by atoms with E-state index in [1.165, 1.54) is 5.56 Å². The molecule has 0 aliphatic heterocycles. The first-order valence-electron chi connectivity index (χ1n) is 46.3. The average molecular weight is 2580 g/mol. The normalized spacial score (nSPS) is 11.3. The molecule has 12 aromatic heterocycles. The van der Waals surface area contributed by atoms with Gasteiger partial charge in [-0.2, -0.15) is 0 Å². The molecule has 24 rings (SSSR count). The van der Waals surface area contributed by atoms with Crippen molar-refractivity contribution in [2.24, 2.45) is 0 Å². The number of nitrogens with zero attached hydrogens (tertiary/aromatic N) is 12. The number of hydrogen-bond donors (Lipinski definition) is 4. The van der Waals surface area contributed by atoms with E-state index in [1.807, 2.05) is 257 Å². The van der Waals surface area contributed by atoms with Crippen LogP contribution < -0.4 is 0 Å². The number of aromatic hydroxyl groups is 4. The molecule has 0 radical (unpaired) electrons. The van der Waals surface area contributed by atoms with Gasteiger partial charge in [0.15, 0.2) is 0 Å². The number of para-hydroxylation sites is 6. The quantitative estimate of drug-likeness (QED) is 0.0844. The van der Waals surface area contributed by atoms with Crippen molar-refractivity contribution in [3.63, 3.8) is 0 Å². The molecule has 12 aromatic carbocycles. The SMILES string of the molecule is CC(C)(C)c1cc(-c2ccc3c4ccccc4n(-c4[c-]c(-c5ccccn5)ccc4)c3n2)c(O)c(C(C)(C)C)c1.Cc1cc(C)c(O)c(-c2ccc3c4ccccc4n(-c4[c-]c(-c5ccccn5)ccc4)c3n2)c1.Cc1ccnc(-c2[c-]c(-n3c4ccccc4c4ccc(-c5ccccc5O)nc43)ccc2)c1.Oc1ccccc1-c1ccc2c3ccccc3n(-c3[c-]c(-c4ccccn4)ccc3)c2n1.[Pt].[Pt].[Pt].[Pt]. The van der Waals surface area contributed by atoms with Gasteiger partial charge >= 0.3 is 0 Å². The Morgan fingerprint density at radius 2 is 0.552 bits per heavy atom. The molecule has 0 saturated carbocycles. The smallest absolute Gasteiger partial charge is 0.144 e. The fourth-order valence-electron chi connectivity index (χ4n) is 18.5. The summed E-state index contributed by atoms with van der Waals surface area (Å²) < 4.78 is 8.56. The van der Waals surface area contributed by atoms with Gasteiger partial charge in [0.05, 0.1) is 44.8 Å². The fraction of sp³-hybridized carbons (Fsp3) is 0.0894. The third-order valence-corrected chi connectivity index (χ3v) is 25.3. The predicted molar refractivity (Wildman–Crippen MR) is 563 cm³/mol. The Hall–Kier alpha value is -15.0. The van der Waals surface area contributed by atoms with E-state index in [0.717, 1.165) is 212 Å². The van der Waals surface area contributed by atoms with Gasteiger partial charge in [-0.1, -0.05) is 199 Å². The van der Waals surface area contributed by atoms with E-state index < -0.39 is 0 Å². The molecule has 4 N–H and O–H groups in total.